The molecule has 0 aliphatic carbocycles. The van der Waals surface area contributed by atoms with E-state index in [2.05, 4.69) is 20.3 Å². The maximum Gasteiger partial charge on any atom is 0.259 e. The van der Waals surface area contributed by atoms with Crippen molar-refractivity contribution in [3.63, 3.8) is 0 Å². The van der Waals surface area contributed by atoms with E-state index in [1.54, 1.807) is 30.4 Å². The van der Waals surface area contributed by atoms with Crippen molar-refractivity contribution in [3.8, 4) is 11.4 Å². The van der Waals surface area contributed by atoms with Crippen molar-refractivity contribution in [3.05, 3.63) is 70.7 Å². The Labute approximate surface area is 158 Å². The Balaban J connectivity index is 1.58. The summed E-state index contributed by atoms with van der Waals surface area (Å²) in [6.45, 7) is 3.70. The third kappa shape index (κ3) is 3.54. The summed E-state index contributed by atoms with van der Waals surface area (Å²) < 4.78 is 14.1. The first-order valence-electron chi connectivity index (χ1n) is 8.28. The smallest absolute Gasteiger partial charge is 0.259 e. The second kappa shape index (κ2) is 6.85. The van der Waals surface area contributed by atoms with Gasteiger partial charge in [0.1, 0.15) is 5.82 Å². The molecule has 0 radical (unpaired) electrons. The lowest BCUT2D eigenvalue weighted by Crippen LogP contribution is -2.15. The molecule has 2 heterocycles. The van der Waals surface area contributed by atoms with Crippen LogP contribution in [0.1, 0.15) is 21.1 Å². The van der Waals surface area contributed by atoms with Gasteiger partial charge in [-0.25, -0.2) is 19.3 Å². The summed E-state index contributed by atoms with van der Waals surface area (Å²) in [5, 5.41) is 3.84. The monoisotopic (exact) mass is 378 g/mol. The number of aryl methyl sites for hydroxylation is 2. The molecular weight excluding hydrogens is 363 g/mol. The van der Waals surface area contributed by atoms with Crippen LogP contribution in [0.2, 0.25) is 0 Å². The van der Waals surface area contributed by atoms with E-state index >= 15 is 0 Å². The van der Waals surface area contributed by atoms with Crippen molar-refractivity contribution < 1.29 is 9.18 Å². The van der Waals surface area contributed by atoms with E-state index in [0.717, 1.165) is 15.2 Å². The van der Waals surface area contributed by atoms with Crippen molar-refractivity contribution >= 4 is 33.1 Å². The molecule has 2 aromatic heterocycles. The van der Waals surface area contributed by atoms with Gasteiger partial charge < -0.3 is 5.32 Å². The van der Waals surface area contributed by atoms with Crippen molar-refractivity contribution in [2.75, 3.05) is 5.32 Å². The number of carbonyl (C=O) groups excluding carboxylic acids is 1. The predicted molar refractivity (Wildman–Crippen MR) is 104 cm³/mol. The summed E-state index contributed by atoms with van der Waals surface area (Å²) in [5.74, 6) is -0.161. The number of thiazole rings is 1. The molecule has 0 atom stereocenters. The SMILES string of the molecule is Cc1nc2cc(NC(=O)c3cnc(-c4ccc(F)cc4)nc3C)ccc2s1. The maximum atomic E-state index is 13.1. The van der Waals surface area contributed by atoms with Gasteiger partial charge in [0.2, 0.25) is 0 Å². The first kappa shape index (κ1) is 17.2. The van der Waals surface area contributed by atoms with Crippen LogP contribution in [0.4, 0.5) is 10.1 Å². The normalized spacial score (nSPS) is 10.9. The minimum absolute atomic E-state index is 0.288. The molecule has 134 valence electrons. The van der Waals surface area contributed by atoms with Crippen molar-refractivity contribution in [1.29, 1.82) is 0 Å². The van der Waals surface area contributed by atoms with Crippen LogP contribution in [-0.4, -0.2) is 20.9 Å². The number of benzene rings is 2. The number of amides is 1. The minimum atomic E-state index is -0.321. The van der Waals surface area contributed by atoms with E-state index in [1.807, 2.05) is 25.1 Å². The number of hydrogen-bond acceptors (Lipinski definition) is 5. The Morgan fingerprint density at radius 1 is 1.07 bits per heavy atom. The summed E-state index contributed by atoms with van der Waals surface area (Å²) in [4.78, 5) is 25.7. The van der Waals surface area contributed by atoms with E-state index < -0.39 is 0 Å². The molecule has 0 aliphatic rings. The zero-order valence-corrected chi connectivity index (χ0v) is 15.5. The van der Waals surface area contributed by atoms with Crippen molar-refractivity contribution in [2.45, 2.75) is 13.8 Å². The predicted octanol–water partition coefficient (Wildman–Crippen LogP) is 4.76. The highest BCUT2D eigenvalue weighted by molar-refractivity contribution is 7.18. The van der Waals surface area contributed by atoms with Crippen LogP contribution >= 0.6 is 11.3 Å². The Kier molecular flexibility index (Phi) is 4.37. The van der Waals surface area contributed by atoms with Crippen molar-refractivity contribution in [1.82, 2.24) is 15.0 Å². The highest BCUT2D eigenvalue weighted by Gasteiger charge is 2.13. The first-order chi connectivity index (χ1) is 13.0. The number of rotatable bonds is 3. The van der Waals surface area contributed by atoms with Crippen LogP contribution in [0.3, 0.4) is 0 Å². The van der Waals surface area contributed by atoms with Gasteiger partial charge in [-0.3, -0.25) is 4.79 Å². The quantitative estimate of drug-likeness (QED) is 0.558. The van der Waals surface area contributed by atoms with Crippen LogP contribution in [0.15, 0.2) is 48.7 Å². The Morgan fingerprint density at radius 3 is 2.59 bits per heavy atom. The number of fused-ring (bicyclic) bond motifs is 1. The van der Waals surface area contributed by atoms with Gasteiger partial charge in [-0.05, 0) is 56.3 Å². The zero-order chi connectivity index (χ0) is 19.0. The van der Waals surface area contributed by atoms with Crippen LogP contribution in [0, 0.1) is 19.7 Å². The number of anilines is 1. The van der Waals surface area contributed by atoms with Gasteiger partial charge in [-0.2, -0.15) is 0 Å². The van der Waals surface area contributed by atoms with Gasteiger partial charge in [-0.1, -0.05) is 0 Å². The van der Waals surface area contributed by atoms with Gasteiger partial charge in [0.05, 0.1) is 26.5 Å². The molecule has 7 heteroatoms. The summed E-state index contributed by atoms with van der Waals surface area (Å²) in [5.41, 5.74) is 3.15. The molecule has 0 saturated heterocycles. The number of nitrogens with one attached hydrogen (secondary N) is 1. The van der Waals surface area contributed by atoms with Crippen LogP contribution in [0.25, 0.3) is 21.6 Å². The van der Waals surface area contributed by atoms with Crippen LogP contribution in [-0.2, 0) is 0 Å². The molecule has 27 heavy (non-hydrogen) atoms. The van der Waals surface area contributed by atoms with E-state index in [-0.39, 0.29) is 11.7 Å². The number of halogens is 1. The first-order valence-corrected chi connectivity index (χ1v) is 9.09. The molecule has 4 rings (SSSR count). The molecule has 2 aromatic carbocycles. The number of aromatic nitrogens is 3. The molecular formula is C20H15FN4OS. The summed E-state index contributed by atoms with van der Waals surface area (Å²) in [6, 6.07) is 11.6. The molecule has 0 bridgehead atoms. The van der Waals surface area contributed by atoms with E-state index in [9.17, 15) is 9.18 Å². The average molecular weight is 378 g/mol. The maximum absolute atomic E-state index is 13.1. The third-order valence-electron chi connectivity index (χ3n) is 4.08. The summed E-state index contributed by atoms with van der Waals surface area (Å²) in [7, 11) is 0. The second-order valence-corrected chi connectivity index (χ2v) is 7.30. The van der Waals surface area contributed by atoms with Crippen LogP contribution < -0.4 is 5.32 Å². The number of nitrogens with zero attached hydrogens (tertiary/aromatic N) is 3. The molecule has 1 N–H and O–H groups in total. The lowest BCUT2D eigenvalue weighted by molar-refractivity contribution is 0.102. The van der Waals surface area contributed by atoms with Gasteiger partial charge in [0.15, 0.2) is 5.82 Å². The summed E-state index contributed by atoms with van der Waals surface area (Å²) in [6.07, 6.45) is 1.49. The summed E-state index contributed by atoms with van der Waals surface area (Å²) >= 11 is 1.61. The van der Waals surface area contributed by atoms with Crippen LogP contribution in [0.5, 0.6) is 0 Å². The fraction of sp³-hybridized carbons (Fsp3) is 0.100. The number of carbonyl (C=O) groups is 1. The fourth-order valence-electron chi connectivity index (χ4n) is 2.75. The molecule has 5 nitrogen and oxygen atoms in total. The largest absolute Gasteiger partial charge is 0.322 e. The molecule has 0 aliphatic heterocycles. The molecule has 0 saturated carbocycles. The highest BCUT2D eigenvalue weighted by atomic mass is 32.1. The molecule has 0 spiro atoms. The Morgan fingerprint density at radius 2 is 1.85 bits per heavy atom. The Bertz CT molecular complexity index is 1150. The third-order valence-corrected chi connectivity index (χ3v) is 5.03. The molecule has 0 fully saturated rings. The molecule has 0 unspecified atom stereocenters. The molecule has 4 aromatic rings. The number of hydrogen-bond donors (Lipinski definition) is 1. The van der Waals surface area contributed by atoms with Crippen molar-refractivity contribution in [2.24, 2.45) is 0 Å². The topological polar surface area (TPSA) is 67.8 Å². The highest BCUT2D eigenvalue weighted by Crippen LogP contribution is 2.25. The van der Waals surface area contributed by atoms with E-state index in [1.165, 1.54) is 18.3 Å². The van der Waals surface area contributed by atoms with Gasteiger partial charge in [-0.15, -0.1) is 11.3 Å². The van der Waals surface area contributed by atoms with Gasteiger partial charge in [0.25, 0.3) is 5.91 Å². The Hall–Kier alpha value is -3.19. The van der Waals surface area contributed by atoms with E-state index in [4.69, 9.17) is 0 Å². The zero-order valence-electron chi connectivity index (χ0n) is 14.7. The standard InChI is InChI=1S/C20H15FN4OS/c1-11-16(10-22-19(23-11)13-3-5-14(21)6-4-13)20(26)25-15-7-8-18-17(9-15)24-12(2)27-18/h3-10H,1-2H3,(H,25,26). The lowest BCUT2D eigenvalue weighted by Gasteiger charge is -2.08. The fourth-order valence-corrected chi connectivity index (χ4v) is 3.55. The second-order valence-electron chi connectivity index (χ2n) is 6.07. The lowest BCUT2D eigenvalue weighted by atomic mass is 10.1. The average Bonchev–Trinajstić information content (AvgIpc) is 3.01. The van der Waals surface area contributed by atoms with Gasteiger partial charge in [0, 0.05) is 17.4 Å². The van der Waals surface area contributed by atoms with Gasteiger partial charge >= 0.3 is 0 Å². The molecule has 1 amide bonds. The van der Waals surface area contributed by atoms with E-state index in [0.29, 0.717) is 28.3 Å². The minimum Gasteiger partial charge on any atom is -0.322 e.